The van der Waals surface area contributed by atoms with Crippen LogP contribution in [-0.2, 0) is 27.2 Å². The first-order chi connectivity index (χ1) is 13.3. The van der Waals surface area contributed by atoms with Crippen molar-refractivity contribution in [2.75, 3.05) is 11.9 Å². The minimum atomic E-state index is -1.70. The summed E-state index contributed by atoms with van der Waals surface area (Å²) in [5.41, 5.74) is 1.90. The van der Waals surface area contributed by atoms with Crippen LogP contribution in [0.5, 0.6) is 5.75 Å². The van der Waals surface area contributed by atoms with Crippen LogP contribution in [-0.4, -0.2) is 24.6 Å². The van der Waals surface area contributed by atoms with E-state index in [4.69, 9.17) is 9.47 Å². The molecule has 1 atom stereocenters. The smallest absolute Gasteiger partial charge is 0.344 e. The molecule has 28 heavy (non-hydrogen) atoms. The van der Waals surface area contributed by atoms with Crippen molar-refractivity contribution in [1.29, 1.82) is 0 Å². The summed E-state index contributed by atoms with van der Waals surface area (Å²) < 4.78 is 50.0. The SMILES string of the molecule is CC(OC(=O)COc1ccc2c(c1)CCC2)C(=O)Nc1ccc(F)c(F)c1F. The molecule has 5 nitrogen and oxygen atoms in total. The van der Waals surface area contributed by atoms with Crippen molar-refractivity contribution in [2.24, 2.45) is 0 Å². The maximum atomic E-state index is 13.6. The zero-order valence-corrected chi connectivity index (χ0v) is 15.1. The number of hydrogen-bond acceptors (Lipinski definition) is 4. The summed E-state index contributed by atoms with van der Waals surface area (Å²) in [5, 5.41) is 2.05. The van der Waals surface area contributed by atoms with E-state index in [0.29, 0.717) is 11.8 Å². The van der Waals surface area contributed by atoms with E-state index in [2.05, 4.69) is 0 Å². The monoisotopic (exact) mass is 393 g/mol. The van der Waals surface area contributed by atoms with Gasteiger partial charge in [0.2, 0.25) is 0 Å². The molecule has 0 bridgehead atoms. The van der Waals surface area contributed by atoms with E-state index in [9.17, 15) is 22.8 Å². The highest BCUT2D eigenvalue weighted by Gasteiger charge is 2.21. The summed E-state index contributed by atoms with van der Waals surface area (Å²) in [6.45, 7) is 0.857. The maximum absolute atomic E-state index is 13.6. The van der Waals surface area contributed by atoms with Gasteiger partial charge in [0.05, 0.1) is 5.69 Å². The molecule has 1 unspecified atom stereocenters. The Morgan fingerprint density at radius 2 is 1.82 bits per heavy atom. The Bertz CT molecular complexity index is 917. The Balaban J connectivity index is 1.51. The Labute approximate surface area is 159 Å². The van der Waals surface area contributed by atoms with Gasteiger partial charge in [0, 0.05) is 0 Å². The molecule has 2 aromatic rings. The number of anilines is 1. The average Bonchev–Trinajstić information content (AvgIpc) is 3.14. The number of rotatable bonds is 6. The summed E-state index contributed by atoms with van der Waals surface area (Å²) in [4.78, 5) is 23.9. The van der Waals surface area contributed by atoms with Gasteiger partial charge in [0.25, 0.3) is 5.91 Å². The molecular weight excluding hydrogens is 375 g/mol. The van der Waals surface area contributed by atoms with E-state index in [0.717, 1.165) is 25.3 Å². The summed E-state index contributed by atoms with van der Waals surface area (Å²) in [6, 6.07) is 7.14. The topological polar surface area (TPSA) is 64.6 Å². The first-order valence-corrected chi connectivity index (χ1v) is 8.73. The lowest BCUT2D eigenvalue weighted by Gasteiger charge is -2.14. The standard InChI is InChI=1S/C20H18F3NO4/c1-11(20(26)24-16-8-7-15(21)18(22)19(16)23)28-17(25)10-27-14-6-5-12-3-2-4-13(12)9-14/h5-9,11H,2-4,10H2,1H3,(H,24,26). The van der Waals surface area contributed by atoms with E-state index in [-0.39, 0.29) is 0 Å². The van der Waals surface area contributed by atoms with E-state index >= 15 is 0 Å². The molecule has 0 aliphatic heterocycles. The first kappa shape index (κ1) is 19.7. The highest BCUT2D eigenvalue weighted by Crippen LogP contribution is 2.26. The molecule has 0 saturated heterocycles. The van der Waals surface area contributed by atoms with Gasteiger partial charge in [-0.15, -0.1) is 0 Å². The van der Waals surface area contributed by atoms with Crippen molar-refractivity contribution >= 4 is 17.6 Å². The fourth-order valence-corrected chi connectivity index (χ4v) is 2.92. The van der Waals surface area contributed by atoms with Gasteiger partial charge in [-0.1, -0.05) is 6.07 Å². The third-order valence-electron chi connectivity index (χ3n) is 4.40. The third-order valence-corrected chi connectivity index (χ3v) is 4.40. The number of fused-ring (bicyclic) bond motifs is 1. The normalized spacial score (nSPS) is 13.6. The quantitative estimate of drug-likeness (QED) is 0.602. The molecule has 0 spiro atoms. The lowest BCUT2D eigenvalue weighted by Crippen LogP contribution is -2.32. The predicted octanol–water partition coefficient (Wildman–Crippen LogP) is 3.54. The van der Waals surface area contributed by atoms with Crippen molar-refractivity contribution < 1.29 is 32.2 Å². The number of benzene rings is 2. The molecule has 0 radical (unpaired) electrons. The molecule has 1 amide bonds. The minimum Gasteiger partial charge on any atom is -0.482 e. The minimum absolute atomic E-state index is 0.407. The molecular formula is C20H18F3NO4. The van der Waals surface area contributed by atoms with Gasteiger partial charge in [0.15, 0.2) is 30.2 Å². The number of hydrogen-bond donors (Lipinski definition) is 1. The molecule has 8 heteroatoms. The van der Waals surface area contributed by atoms with Crippen molar-refractivity contribution in [3.8, 4) is 5.75 Å². The van der Waals surface area contributed by atoms with E-state index < -0.39 is 47.7 Å². The van der Waals surface area contributed by atoms with Crippen molar-refractivity contribution in [3.63, 3.8) is 0 Å². The van der Waals surface area contributed by atoms with Crippen molar-refractivity contribution in [2.45, 2.75) is 32.3 Å². The van der Waals surface area contributed by atoms with E-state index in [1.54, 1.807) is 6.07 Å². The van der Waals surface area contributed by atoms with Gasteiger partial charge in [-0.3, -0.25) is 4.79 Å². The molecule has 0 saturated carbocycles. The van der Waals surface area contributed by atoms with Crippen LogP contribution in [0.15, 0.2) is 30.3 Å². The number of carbonyl (C=O) groups is 2. The Morgan fingerprint density at radius 3 is 2.61 bits per heavy atom. The number of nitrogens with one attached hydrogen (secondary N) is 1. The second kappa shape index (κ2) is 8.33. The van der Waals surface area contributed by atoms with Crippen LogP contribution in [0.25, 0.3) is 0 Å². The number of esters is 1. The Hall–Kier alpha value is -3.03. The van der Waals surface area contributed by atoms with Crippen LogP contribution in [0.2, 0.25) is 0 Å². The molecule has 1 aliphatic rings. The molecule has 148 valence electrons. The fraction of sp³-hybridized carbons (Fsp3) is 0.300. The highest BCUT2D eigenvalue weighted by molar-refractivity contribution is 5.95. The van der Waals surface area contributed by atoms with Crippen LogP contribution in [0.1, 0.15) is 24.5 Å². The van der Waals surface area contributed by atoms with Gasteiger partial charge < -0.3 is 14.8 Å². The van der Waals surface area contributed by atoms with Gasteiger partial charge in [-0.25, -0.2) is 18.0 Å². The Morgan fingerprint density at radius 1 is 1.07 bits per heavy atom. The number of aryl methyl sites for hydroxylation is 2. The predicted molar refractivity (Wildman–Crippen MR) is 94.5 cm³/mol. The second-order valence-electron chi connectivity index (χ2n) is 6.42. The molecule has 1 N–H and O–H groups in total. The van der Waals surface area contributed by atoms with Crippen LogP contribution < -0.4 is 10.1 Å². The van der Waals surface area contributed by atoms with Crippen molar-refractivity contribution in [3.05, 3.63) is 58.9 Å². The molecule has 2 aromatic carbocycles. The van der Waals surface area contributed by atoms with Crippen LogP contribution in [0.4, 0.5) is 18.9 Å². The third kappa shape index (κ3) is 4.44. The summed E-state index contributed by atoms with van der Waals surface area (Å²) in [7, 11) is 0. The maximum Gasteiger partial charge on any atom is 0.344 e. The van der Waals surface area contributed by atoms with Gasteiger partial charge in [0.1, 0.15) is 5.75 Å². The van der Waals surface area contributed by atoms with Crippen LogP contribution in [0.3, 0.4) is 0 Å². The highest BCUT2D eigenvalue weighted by atomic mass is 19.2. The second-order valence-corrected chi connectivity index (χ2v) is 6.42. The van der Waals surface area contributed by atoms with E-state index in [1.807, 2.05) is 17.4 Å². The lowest BCUT2D eigenvalue weighted by molar-refractivity contribution is -0.155. The zero-order valence-electron chi connectivity index (χ0n) is 15.1. The number of ether oxygens (including phenoxy) is 2. The van der Waals surface area contributed by atoms with Crippen molar-refractivity contribution in [1.82, 2.24) is 0 Å². The molecule has 0 aromatic heterocycles. The largest absolute Gasteiger partial charge is 0.482 e. The molecule has 1 aliphatic carbocycles. The van der Waals surface area contributed by atoms with E-state index in [1.165, 1.54) is 18.1 Å². The zero-order chi connectivity index (χ0) is 20.3. The fourth-order valence-electron chi connectivity index (χ4n) is 2.92. The first-order valence-electron chi connectivity index (χ1n) is 8.73. The van der Waals surface area contributed by atoms with Gasteiger partial charge >= 0.3 is 5.97 Å². The van der Waals surface area contributed by atoms with Crippen LogP contribution in [0, 0.1) is 17.5 Å². The summed E-state index contributed by atoms with van der Waals surface area (Å²) >= 11 is 0. The molecule has 0 fully saturated rings. The number of carbonyl (C=O) groups excluding carboxylic acids is 2. The molecule has 0 heterocycles. The summed E-state index contributed by atoms with van der Waals surface area (Å²) in [5.74, 6) is -5.78. The number of halogens is 3. The van der Waals surface area contributed by atoms with Gasteiger partial charge in [-0.05, 0) is 61.6 Å². The Kier molecular flexibility index (Phi) is 5.87. The van der Waals surface area contributed by atoms with Gasteiger partial charge in [-0.2, -0.15) is 0 Å². The average molecular weight is 393 g/mol. The molecule has 3 rings (SSSR count). The number of amides is 1. The summed E-state index contributed by atoms with van der Waals surface area (Å²) in [6.07, 6.45) is 1.80. The lowest BCUT2D eigenvalue weighted by atomic mass is 10.1. The van der Waals surface area contributed by atoms with Crippen LogP contribution >= 0.6 is 0 Å².